The highest BCUT2D eigenvalue weighted by molar-refractivity contribution is 7.99. The largest absolute Gasteiger partial charge is 0.315 e. The number of nitrogens with one attached hydrogen (secondary N) is 1. The third-order valence-corrected chi connectivity index (χ3v) is 3.50. The van der Waals surface area contributed by atoms with E-state index in [4.69, 9.17) is 0 Å². The Morgan fingerprint density at radius 1 is 1.30 bits per heavy atom. The Labute approximate surface area is 64.8 Å². The van der Waals surface area contributed by atoms with Crippen LogP contribution >= 0.6 is 11.8 Å². The van der Waals surface area contributed by atoms with Crippen LogP contribution in [0.1, 0.15) is 0 Å². The van der Waals surface area contributed by atoms with Gasteiger partial charge in [0, 0.05) is 36.4 Å². The van der Waals surface area contributed by atoms with Crippen molar-refractivity contribution in [1.29, 1.82) is 0 Å². The van der Waals surface area contributed by atoms with Gasteiger partial charge < -0.3 is 5.32 Å². The number of fused-ring (bicyclic) bond motifs is 2. The molecule has 2 nitrogen and oxygen atoms in total. The zero-order chi connectivity index (χ0) is 6.97. The third kappa shape index (κ3) is 0.974. The third-order valence-electron chi connectivity index (χ3n) is 2.22. The van der Waals surface area contributed by atoms with Crippen molar-refractivity contribution in [2.24, 2.45) is 11.8 Å². The van der Waals surface area contributed by atoms with Gasteiger partial charge in [-0.15, -0.1) is 0 Å². The fraction of sp³-hybridized carbons (Fsp3) is 0.857. The molecule has 0 aromatic rings. The van der Waals surface area contributed by atoms with Crippen LogP contribution in [0.4, 0.5) is 0 Å². The molecule has 0 saturated carbocycles. The molecule has 2 rings (SSSR count). The summed E-state index contributed by atoms with van der Waals surface area (Å²) in [6.45, 7) is 1.84. The number of thioether (sulfide) groups is 1. The summed E-state index contributed by atoms with van der Waals surface area (Å²) in [4.78, 5) is 11.4. The Morgan fingerprint density at radius 3 is 2.40 bits per heavy atom. The number of carbonyl (C=O) groups is 1. The normalized spacial score (nSPS) is 39.8. The van der Waals surface area contributed by atoms with E-state index in [9.17, 15) is 4.79 Å². The zero-order valence-corrected chi connectivity index (χ0v) is 6.62. The SMILES string of the molecule is O=C1C2CNCC1CSC2. The number of carbonyl (C=O) groups excluding carboxylic acids is 1. The predicted molar refractivity (Wildman–Crippen MR) is 42.2 cm³/mol. The average Bonchev–Trinajstić information content (AvgIpc) is 1.86. The highest BCUT2D eigenvalue weighted by atomic mass is 32.2. The molecule has 1 N–H and O–H groups in total. The molecular formula is C7H11NOS. The van der Waals surface area contributed by atoms with Crippen molar-refractivity contribution >= 4 is 17.5 Å². The Hall–Kier alpha value is -0.0200. The van der Waals surface area contributed by atoms with Crippen LogP contribution in [0.3, 0.4) is 0 Å². The van der Waals surface area contributed by atoms with Crippen molar-refractivity contribution in [2.45, 2.75) is 0 Å². The maximum atomic E-state index is 11.4. The van der Waals surface area contributed by atoms with Crippen LogP contribution in [0.25, 0.3) is 0 Å². The molecule has 2 heterocycles. The molecule has 0 amide bonds. The Morgan fingerprint density at radius 2 is 1.90 bits per heavy atom. The highest BCUT2D eigenvalue weighted by Gasteiger charge is 2.34. The molecular weight excluding hydrogens is 146 g/mol. The Bertz CT molecular complexity index is 136. The van der Waals surface area contributed by atoms with E-state index in [1.54, 1.807) is 0 Å². The van der Waals surface area contributed by atoms with E-state index in [2.05, 4.69) is 5.32 Å². The van der Waals surface area contributed by atoms with Gasteiger partial charge in [-0.2, -0.15) is 11.8 Å². The number of Topliss-reactive ketones (excluding diaryl/α,β-unsaturated/α-hetero) is 1. The highest BCUT2D eigenvalue weighted by Crippen LogP contribution is 2.26. The van der Waals surface area contributed by atoms with Crippen molar-refractivity contribution in [3.8, 4) is 0 Å². The molecule has 2 fully saturated rings. The minimum absolute atomic E-state index is 0.331. The molecule has 2 bridgehead atoms. The van der Waals surface area contributed by atoms with E-state index < -0.39 is 0 Å². The van der Waals surface area contributed by atoms with Crippen molar-refractivity contribution < 1.29 is 4.79 Å². The van der Waals surface area contributed by atoms with Crippen molar-refractivity contribution in [1.82, 2.24) is 5.32 Å². The van der Waals surface area contributed by atoms with E-state index >= 15 is 0 Å². The number of rotatable bonds is 0. The van der Waals surface area contributed by atoms with Crippen LogP contribution in [0, 0.1) is 11.8 Å². The van der Waals surface area contributed by atoms with Crippen LogP contribution in [-0.2, 0) is 4.79 Å². The minimum atomic E-state index is 0.331. The molecule has 56 valence electrons. The molecule has 2 unspecified atom stereocenters. The summed E-state index contributed by atoms with van der Waals surface area (Å²) in [5.41, 5.74) is 0. The van der Waals surface area contributed by atoms with Gasteiger partial charge in [0.05, 0.1) is 0 Å². The lowest BCUT2D eigenvalue weighted by Crippen LogP contribution is -2.48. The predicted octanol–water partition coefficient (Wildman–Crippen LogP) is 0.138. The van der Waals surface area contributed by atoms with Gasteiger partial charge >= 0.3 is 0 Å². The van der Waals surface area contributed by atoms with Gasteiger partial charge in [0.1, 0.15) is 5.78 Å². The van der Waals surface area contributed by atoms with Crippen LogP contribution in [-0.4, -0.2) is 30.4 Å². The zero-order valence-electron chi connectivity index (χ0n) is 5.80. The molecule has 0 aromatic carbocycles. The maximum absolute atomic E-state index is 11.4. The monoisotopic (exact) mass is 157 g/mol. The van der Waals surface area contributed by atoms with Crippen LogP contribution in [0.15, 0.2) is 0 Å². The van der Waals surface area contributed by atoms with Crippen LogP contribution in [0.5, 0.6) is 0 Å². The Balaban J connectivity index is 2.12. The van der Waals surface area contributed by atoms with E-state index in [-0.39, 0.29) is 0 Å². The first-order valence-electron chi connectivity index (χ1n) is 3.70. The van der Waals surface area contributed by atoms with Crippen molar-refractivity contribution in [3.05, 3.63) is 0 Å². The molecule has 0 radical (unpaired) electrons. The summed E-state index contributed by atoms with van der Waals surface area (Å²) in [6, 6.07) is 0. The van der Waals surface area contributed by atoms with E-state index in [1.807, 2.05) is 11.8 Å². The summed E-state index contributed by atoms with van der Waals surface area (Å²) in [7, 11) is 0. The second-order valence-electron chi connectivity index (χ2n) is 2.99. The van der Waals surface area contributed by atoms with Gasteiger partial charge in [-0.3, -0.25) is 4.79 Å². The first-order valence-corrected chi connectivity index (χ1v) is 4.85. The lowest BCUT2D eigenvalue weighted by Gasteiger charge is -2.32. The first-order chi connectivity index (χ1) is 4.88. The number of piperidine rings is 1. The molecule has 2 atom stereocenters. The second kappa shape index (κ2) is 2.55. The molecule has 0 spiro atoms. The fourth-order valence-electron chi connectivity index (χ4n) is 1.60. The van der Waals surface area contributed by atoms with Gasteiger partial charge in [-0.1, -0.05) is 0 Å². The Kier molecular flexibility index (Phi) is 1.70. The van der Waals surface area contributed by atoms with Gasteiger partial charge in [0.15, 0.2) is 0 Å². The van der Waals surface area contributed by atoms with E-state index in [0.29, 0.717) is 17.6 Å². The van der Waals surface area contributed by atoms with E-state index in [1.165, 1.54) is 0 Å². The molecule has 2 saturated heterocycles. The van der Waals surface area contributed by atoms with Crippen LogP contribution < -0.4 is 5.32 Å². The molecule has 0 aliphatic carbocycles. The van der Waals surface area contributed by atoms with Gasteiger partial charge in [-0.25, -0.2) is 0 Å². The average molecular weight is 157 g/mol. The second-order valence-corrected chi connectivity index (χ2v) is 4.07. The fourth-order valence-corrected chi connectivity index (χ4v) is 2.87. The lowest BCUT2D eigenvalue weighted by molar-refractivity contribution is -0.127. The maximum Gasteiger partial charge on any atom is 0.143 e. The number of hydrogen-bond donors (Lipinski definition) is 1. The number of ketones is 1. The van der Waals surface area contributed by atoms with Gasteiger partial charge in [0.2, 0.25) is 0 Å². The smallest absolute Gasteiger partial charge is 0.143 e. The summed E-state index contributed by atoms with van der Waals surface area (Å²) in [5, 5.41) is 3.28. The lowest BCUT2D eigenvalue weighted by atomic mass is 9.91. The summed E-state index contributed by atoms with van der Waals surface area (Å²) in [6.07, 6.45) is 0. The van der Waals surface area contributed by atoms with Crippen molar-refractivity contribution in [2.75, 3.05) is 24.6 Å². The van der Waals surface area contributed by atoms with Gasteiger partial charge in [0.25, 0.3) is 0 Å². The molecule has 10 heavy (non-hydrogen) atoms. The minimum Gasteiger partial charge on any atom is -0.315 e. The van der Waals surface area contributed by atoms with E-state index in [0.717, 1.165) is 24.6 Å². The quantitative estimate of drug-likeness (QED) is 0.542. The summed E-state index contributed by atoms with van der Waals surface area (Å²) < 4.78 is 0. The number of hydrogen-bond acceptors (Lipinski definition) is 3. The summed E-state index contributed by atoms with van der Waals surface area (Å²) in [5.74, 6) is 3.26. The van der Waals surface area contributed by atoms with Crippen molar-refractivity contribution in [3.63, 3.8) is 0 Å². The topological polar surface area (TPSA) is 29.1 Å². The summed E-state index contributed by atoms with van der Waals surface area (Å²) >= 11 is 1.93. The molecule has 2 aliphatic heterocycles. The molecule has 0 aromatic heterocycles. The standard InChI is InChI=1S/C7H11NOS/c9-7-5-1-8-2-6(7)4-10-3-5/h5-6,8H,1-4H2. The molecule has 3 heteroatoms. The van der Waals surface area contributed by atoms with Gasteiger partial charge in [-0.05, 0) is 0 Å². The molecule has 2 aliphatic rings. The first kappa shape index (κ1) is 6.68. The van der Waals surface area contributed by atoms with Crippen LogP contribution in [0.2, 0.25) is 0 Å².